The molecule has 82 valence electrons. The van der Waals surface area contributed by atoms with Crippen LogP contribution >= 0.6 is 0 Å². The molecule has 15 heavy (non-hydrogen) atoms. The number of rotatable bonds is 4. The van der Waals surface area contributed by atoms with Crippen LogP contribution in [0.2, 0.25) is 0 Å². The predicted molar refractivity (Wildman–Crippen MR) is 65.5 cm³/mol. The van der Waals surface area contributed by atoms with Gasteiger partial charge in [0.25, 0.3) is 0 Å². The molecule has 1 N–H and O–H groups in total. The highest BCUT2D eigenvalue weighted by atomic mass is 15.2. The quantitative estimate of drug-likeness (QED) is 0.807. The van der Waals surface area contributed by atoms with Crippen molar-refractivity contribution in [1.82, 2.24) is 5.32 Å². The van der Waals surface area contributed by atoms with Gasteiger partial charge in [-0.25, -0.2) is 0 Å². The second-order valence-electron chi connectivity index (χ2n) is 4.34. The molecule has 2 nitrogen and oxygen atoms in total. The summed E-state index contributed by atoms with van der Waals surface area (Å²) in [5.74, 6) is 0. The summed E-state index contributed by atoms with van der Waals surface area (Å²) in [7, 11) is 2.18. The third-order valence-corrected chi connectivity index (χ3v) is 3.19. The van der Waals surface area contributed by atoms with Crippen LogP contribution in [0, 0.1) is 0 Å². The summed E-state index contributed by atoms with van der Waals surface area (Å²) >= 11 is 0. The van der Waals surface area contributed by atoms with Crippen LogP contribution in [0.5, 0.6) is 0 Å². The lowest BCUT2D eigenvalue weighted by Gasteiger charge is -2.37. The van der Waals surface area contributed by atoms with Crippen LogP contribution in [0.25, 0.3) is 0 Å². The Hall–Kier alpha value is -1.02. The first-order valence-corrected chi connectivity index (χ1v) is 5.83. The van der Waals surface area contributed by atoms with Gasteiger partial charge in [-0.15, -0.1) is 0 Å². The smallest absolute Gasteiger partial charge is 0.0535 e. The molecule has 2 rings (SSSR count). The van der Waals surface area contributed by atoms with Gasteiger partial charge in [-0.3, -0.25) is 0 Å². The topological polar surface area (TPSA) is 15.3 Å². The van der Waals surface area contributed by atoms with Gasteiger partial charge in [0, 0.05) is 25.8 Å². The Kier molecular flexibility index (Phi) is 3.27. The first kappa shape index (κ1) is 10.5. The molecule has 1 aliphatic heterocycles. The number of aryl methyl sites for hydroxylation is 1. The third kappa shape index (κ3) is 2.32. The largest absolute Gasteiger partial charge is 0.369 e. The highest BCUT2D eigenvalue weighted by Crippen LogP contribution is 2.18. The molecule has 0 spiro atoms. The monoisotopic (exact) mass is 204 g/mol. The van der Waals surface area contributed by atoms with Crippen molar-refractivity contribution >= 4 is 5.69 Å². The van der Waals surface area contributed by atoms with Crippen LogP contribution in [-0.2, 0) is 6.42 Å². The second kappa shape index (κ2) is 4.67. The molecular formula is C13H20N2. The summed E-state index contributed by atoms with van der Waals surface area (Å²) in [6.45, 7) is 4.46. The summed E-state index contributed by atoms with van der Waals surface area (Å²) < 4.78 is 0. The number of hydrogen-bond acceptors (Lipinski definition) is 2. The molecule has 0 bridgehead atoms. The van der Waals surface area contributed by atoms with Crippen molar-refractivity contribution in [2.45, 2.75) is 25.8 Å². The van der Waals surface area contributed by atoms with E-state index in [0.717, 1.165) is 13.1 Å². The van der Waals surface area contributed by atoms with Gasteiger partial charge in [0.15, 0.2) is 0 Å². The molecule has 0 radical (unpaired) electrons. The zero-order valence-corrected chi connectivity index (χ0v) is 9.66. The van der Waals surface area contributed by atoms with Gasteiger partial charge in [-0.05, 0) is 24.1 Å². The number of benzene rings is 1. The fourth-order valence-electron chi connectivity index (χ4n) is 1.94. The van der Waals surface area contributed by atoms with Gasteiger partial charge < -0.3 is 10.2 Å². The second-order valence-corrected chi connectivity index (χ2v) is 4.34. The van der Waals surface area contributed by atoms with Crippen LogP contribution in [0.4, 0.5) is 5.69 Å². The Bertz CT molecular complexity index is 301. The van der Waals surface area contributed by atoms with Gasteiger partial charge >= 0.3 is 0 Å². The lowest BCUT2D eigenvalue weighted by atomic mass is 10.1. The number of hydrogen-bond donors (Lipinski definition) is 1. The number of anilines is 1. The molecule has 1 fully saturated rings. The minimum Gasteiger partial charge on any atom is -0.369 e. The molecule has 0 amide bonds. The summed E-state index contributed by atoms with van der Waals surface area (Å²) in [6.07, 6.45) is 2.41. The molecule has 1 saturated heterocycles. The molecule has 0 aliphatic carbocycles. The summed E-state index contributed by atoms with van der Waals surface area (Å²) in [5, 5.41) is 3.30. The Morgan fingerprint density at radius 3 is 2.40 bits per heavy atom. The van der Waals surface area contributed by atoms with Gasteiger partial charge in [0.2, 0.25) is 0 Å². The van der Waals surface area contributed by atoms with Crippen LogP contribution in [0.3, 0.4) is 0 Å². The van der Waals surface area contributed by atoms with E-state index in [9.17, 15) is 0 Å². The van der Waals surface area contributed by atoms with Gasteiger partial charge in [0.05, 0.1) is 6.04 Å². The average Bonchev–Trinajstić information content (AvgIpc) is 2.16. The molecule has 0 saturated carbocycles. The number of nitrogens with one attached hydrogen (secondary N) is 1. The summed E-state index contributed by atoms with van der Waals surface area (Å²) in [5.41, 5.74) is 2.78. The van der Waals surface area contributed by atoms with Gasteiger partial charge in [-0.2, -0.15) is 0 Å². The lowest BCUT2D eigenvalue weighted by Crippen LogP contribution is -2.56. The SMILES string of the molecule is CCCc1ccc(N(C)C2CNC2)cc1. The molecule has 1 aliphatic rings. The van der Waals surface area contributed by atoms with E-state index in [4.69, 9.17) is 0 Å². The van der Waals surface area contributed by atoms with E-state index in [-0.39, 0.29) is 0 Å². The zero-order chi connectivity index (χ0) is 10.7. The summed E-state index contributed by atoms with van der Waals surface area (Å²) in [4.78, 5) is 2.37. The van der Waals surface area contributed by atoms with Crippen molar-refractivity contribution in [3.8, 4) is 0 Å². The minimum atomic E-state index is 0.682. The Labute approximate surface area is 92.3 Å². The average molecular weight is 204 g/mol. The Morgan fingerprint density at radius 2 is 1.93 bits per heavy atom. The molecule has 1 heterocycles. The number of nitrogens with zero attached hydrogens (tertiary/aromatic N) is 1. The van der Waals surface area contributed by atoms with Crippen molar-refractivity contribution in [3.63, 3.8) is 0 Å². The van der Waals surface area contributed by atoms with Crippen molar-refractivity contribution in [3.05, 3.63) is 29.8 Å². The molecule has 1 aromatic rings. The first-order valence-electron chi connectivity index (χ1n) is 5.83. The van der Waals surface area contributed by atoms with Crippen molar-refractivity contribution < 1.29 is 0 Å². The lowest BCUT2D eigenvalue weighted by molar-refractivity contribution is 0.429. The van der Waals surface area contributed by atoms with E-state index in [1.807, 2.05) is 0 Å². The van der Waals surface area contributed by atoms with E-state index in [2.05, 4.69) is 48.5 Å². The molecular weight excluding hydrogens is 184 g/mol. The van der Waals surface area contributed by atoms with Crippen LogP contribution < -0.4 is 10.2 Å². The Morgan fingerprint density at radius 1 is 1.27 bits per heavy atom. The highest BCUT2D eigenvalue weighted by molar-refractivity contribution is 5.48. The standard InChI is InChI=1S/C13H20N2/c1-3-4-11-5-7-12(8-6-11)15(2)13-9-14-10-13/h5-8,13-14H,3-4,9-10H2,1-2H3. The third-order valence-electron chi connectivity index (χ3n) is 3.19. The van der Waals surface area contributed by atoms with E-state index in [1.165, 1.54) is 24.1 Å². The van der Waals surface area contributed by atoms with Crippen LogP contribution in [-0.4, -0.2) is 26.2 Å². The Balaban J connectivity index is 2.02. The summed E-state index contributed by atoms with van der Waals surface area (Å²) in [6, 6.07) is 9.66. The van der Waals surface area contributed by atoms with Crippen molar-refractivity contribution in [2.75, 3.05) is 25.0 Å². The van der Waals surface area contributed by atoms with Gasteiger partial charge in [0.1, 0.15) is 0 Å². The number of likely N-dealkylation sites (N-methyl/N-ethyl adjacent to an activating group) is 1. The fourth-order valence-corrected chi connectivity index (χ4v) is 1.94. The fraction of sp³-hybridized carbons (Fsp3) is 0.538. The maximum atomic E-state index is 3.30. The first-order chi connectivity index (χ1) is 7.31. The van der Waals surface area contributed by atoms with Crippen LogP contribution in [0.15, 0.2) is 24.3 Å². The highest BCUT2D eigenvalue weighted by Gasteiger charge is 2.21. The maximum absolute atomic E-state index is 3.30. The predicted octanol–water partition coefficient (Wildman–Crippen LogP) is 2.05. The van der Waals surface area contributed by atoms with Crippen molar-refractivity contribution in [2.24, 2.45) is 0 Å². The zero-order valence-electron chi connectivity index (χ0n) is 9.66. The van der Waals surface area contributed by atoms with E-state index in [1.54, 1.807) is 0 Å². The molecule has 2 heteroatoms. The molecule has 1 aromatic carbocycles. The minimum absolute atomic E-state index is 0.682. The maximum Gasteiger partial charge on any atom is 0.0535 e. The van der Waals surface area contributed by atoms with E-state index < -0.39 is 0 Å². The van der Waals surface area contributed by atoms with Crippen molar-refractivity contribution in [1.29, 1.82) is 0 Å². The molecule has 0 unspecified atom stereocenters. The van der Waals surface area contributed by atoms with E-state index >= 15 is 0 Å². The normalized spacial score (nSPS) is 16.1. The molecule has 0 atom stereocenters. The van der Waals surface area contributed by atoms with Gasteiger partial charge in [-0.1, -0.05) is 25.5 Å². The van der Waals surface area contributed by atoms with Crippen LogP contribution in [0.1, 0.15) is 18.9 Å². The van der Waals surface area contributed by atoms with E-state index in [0.29, 0.717) is 6.04 Å². The molecule has 0 aromatic heterocycles.